The fraction of sp³-hybridized carbons (Fsp3) is 0.414. The molecule has 216 valence electrons. The second kappa shape index (κ2) is 10.3. The van der Waals surface area contributed by atoms with Crippen LogP contribution in [0.5, 0.6) is 0 Å². The van der Waals surface area contributed by atoms with Crippen molar-refractivity contribution in [3.8, 4) is 11.3 Å². The van der Waals surface area contributed by atoms with Crippen LogP contribution in [-0.4, -0.2) is 37.5 Å². The molecule has 2 bridgehead atoms. The van der Waals surface area contributed by atoms with E-state index in [-0.39, 0.29) is 41.4 Å². The highest BCUT2D eigenvalue weighted by Gasteiger charge is 2.56. The molecule has 6 rings (SSSR count). The highest BCUT2D eigenvalue weighted by atomic mass is 35.5. The lowest BCUT2D eigenvalue weighted by molar-refractivity contribution is -0.116. The van der Waals surface area contributed by atoms with Crippen LogP contribution in [-0.2, 0) is 22.5 Å². The van der Waals surface area contributed by atoms with Crippen LogP contribution in [0.2, 0.25) is 10.0 Å². The van der Waals surface area contributed by atoms with Gasteiger partial charge in [0.1, 0.15) is 27.4 Å². The van der Waals surface area contributed by atoms with Gasteiger partial charge in [0.2, 0.25) is 0 Å². The van der Waals surface area contributed by atoms with E-state index in [0.29, 0.717) is 49.4 Å². The number of hydrogen-bond donors (Lipinski definition) is 3. The third kappa shape index (κ3) is 4.84. The van der Waals surface area contributed by atoms with Crippen LogP contribution in [0.3, 0.4) is 0 Å². The van der Waals surface area contributed by atoms with E-state index in [1.807, 2.05) is 0 Å². The van der Waals surface area contributed by atoms with Crippen molar-refractivity contribution in [2.75, 3.05) is 0 Å². The Morgan fingerprint density at radius 3 is 2.49 bits per heavy atom. The number of aromatic nitrogens is 2. The minimum atomic E-state index is -1.34. The molecule has 2 aromatic carbocycles. The molecule has 2 saturated carbocycles. The second-order valence-electron chi connectivity index (χ2n) is 11.3. The average molecular weight is 622 g/mol. The van der Waals surface area contributed by atoms with Gasteiger partial charge in [0.15, 0.2) is 11.6 Å². The fourth-order valence-electron chi connectivity index (χ4n) is 6.32. The number of ether oxygens (including phenoxy) is 1. The van der Waals surface area contributed by atoms with Gasteiger partial charge in [0.05, 0.1) is 38.6 Å². The SMILES string of the molecule is CC(C)(O)c1onc(-c2c(Cl)cccc2Cl)c1COC1CC2CCC(C1)C2(O)c1nc2c(F)cc(C(=O)O)cc2s1. The van der Waals surface area contributed by atoms with E-state index in [9.17, 15) is 24.5 Å². The zero-order valence-electron chi connectivity index (χ0n) is 22.2. The fourth-order valence-corrected chi connectivity index (χ4v) is 8.16. The summed E-state index contributed by atoms with van der Waals surface area (Å²) in [6.07, 6.45) is 2.37. The Balaban J connectivity index is 1.26. The molecule has 8 nitrogen and oxygen atoms in total. The minimum absolute atomic E-state index is 0.0681. The number of carbonyl (C=O) groups is 1. The molecule has 3 N–H and O–H groups in total. The Morgan fingerprint density at radius 2 is 1.88 bits per heavy atom. The maximum Gasteiger partial charge on any atom is 0.335 e. The third-order valence-electron chi connectivity index (χ3n) is 8.25. The molecular weight excluding hydrogens is 594 g/mol. The quantitative estimate of drug-likeness (QED) is 0.203. The van der Waals surface area contributed by atoms with Crippen molar-refractivity contribution >= 4 is 50.7 Å². The first-order valence-electron chi connectivity index (χ1n) is 13.2. The molecule has 4 aromatic rings. The average Bonchev–Trinajstić information content (AvgIpc) is 3.55. The van der Waals surface area contributed by atoms with Gasteiger partial charge in [-0.3, -0.25) is 0 Å². The summed E-state index contributed by atoms with van der Waals surface area (Å²) in [5.41, 5.74) is -1.27. The standard InChI is InChI=1S/C29H27Cl2FN2O6S/c1-28(2,37)25-17(23(34-40-25)22-18(30)4-3-5-19(22)31)12-39-16-10-14-6-7-15(11-16)29(14,38)27-33-24-20(32)8-13(26(35)36)9-21(24)41-27/h3-5,8-9,14-16,37-38H,6-7,10-12H2,1-2H3,(H,35,36). The van der Waals surface area contributed by atoms with Crippen molar-refractivity contribution in [3.05, 3.63) is 68.1 Å². The lowest BCUT2D eigenvalue weighted by Gasteiger charge is -2.41. The molecular formula is C29H27Cl2FN2O6S. The zero-order valence-corrected chi connectivity index (χ0v) is 24.5. The lowest BCUT2D eigenvalue weighted by atomic mass is 9.73. The zero-order chi connectivity index (χ0) is 29.3. The monoisotopic (exact) mass is 620 g/mol. The Bertz CT molecular complexity index is 1630. The molecule has 0 amide bonds. The van der Waals surface area contributed by atoms with Crippen molar-refractivity contribution in [2.24, 2.45) is 11.8 Å². The van der Waals surface area contributed by atoms with E-state index in [1.54, 1.807) is 32.0 Å². The molecule has 0 spiro atoms. The molecule has 2 heterocycles. The molecule has 2 aromatic heterocycles. The second-order valence-corrected chi connectivity index (χ2v) is 13.2. The van der Waals surface area contributed by atoms with Gasteiger partial charge in [0.25, 0.3) is 0 Å². The summed E-state index contributed by atoms with van der Waals surface area (Å²) in [5.74, 6) is -2.06. The first kappa shape index (κ1) is 28.5. The van der Waals surface area contributed by atoms with Crippen molar-refractivity contribution in [3.63, 3.8) is 0 Å². The number of nitrogens with zero attached hydrogens (tertiary/aromatic N) is 2. The molecule has 2 aliphatic rings. The van der Waals surface area contributed by atoms with E-state index in [4.69, 9.17) is 32.5 Å². The number of aliphatic hydroxyl groups is 2. The number of carboxylic acids is 1. The predicted octanol–water partition coefficient (Wildman–Crippen LogP) is 6.92. The lowest BCUT2D eigenvalue weighted by Crippen LogP contribution is -2.44. The summed E-state index contributed by atoms with van der Waals surface area (Å²) in [7, 11) is 0. The molecule has 41 heavy (non-hydrogen) atoms. The number of hydrogen-bond acceptors (Lipinski definition) is 8. The highest BCUT2D eigenvalue weighted by Crippen LogP contribution is 2.57. The molecule has 2 atom stereocenters. The predicted molar refractivity (Wildman–Crippen MR) is 152 cm³/mol. The van der Waals surface area contributed by atoms with E-state index >= 15 is 0 Å². The van der Waals surface area contributed by atoms with Gasteiger partial charge in [-0.05, 0) is 75.6 Å². The summed E-state index contributed by atoms with van der Waals surface area (Å²) in [6, 6.07) is 7.47. The molecule has 12 heteroatoms. The molecule has 2 aliphatic carbocycles. The number of thiazole rings is 1. The summed E-state index contributed by atoms with van der Waals surface area (Å²) in [6.45, 7) is 3.26. The van der Waals surface area contributed by atoms with E-state index < -0.39 is 23.0 Å². The van der Waals surface area contributed by atoms with E-state index in [2.05, 4.69) is 10.1 Å². The number of benzene rings is 2. The van der Waals surface area contributed by atoms with Crippen molar-refractivity contribution in [1.29, 1.82) is 0 Å². The van der Waals surface area contributed by atoms with Crippen molar-refractivity contribution < 1.29 is 33.8 Å². The van der Waals surface area contributed by atoms with Gasteiger partial charge >= 0.3 is 5.97 Å². The van der Waals surface area contributed by atoms with Crippen LogP contribution in [0, 0.1) is 17.7 Å². The van der Waals surface area contributed by atoms with E-state index in [0.717, 1.165) is 30.2 Å². The van der Waals surface area contributed by atoms with Crippen LogP contribution in [0.4, 0.5) is 4.39 Å². The molecule has 0 aliphatic heterocycles. The van der Waals surface area contributed by atoms with Crippen molar-refractivity contribution in [1.82, 2.24) is 10.1 Å². The Hall–Kier alpha value is -2.60. The molecule has 0 saturated heterocycles. The van der Waals surface area contributed by atoms with Crippen LogP contribution < -0.4 is 0 Å². The molecule has 2 fully saturated rings. The van der Waals surface area contributed by atoms with Gasteiger partial charge in [-0.15, -0.1) is 11.3 Å². The summed E-state index contributed by atoms with van der Waals surface area (Å²) >= 11 is 14.0. The normalized spacial score (nSPS) is 24.3. The number of halogens is 3. The van der Waals surface area contributed by atoms with Gasteiger partial charge in [-0.25, -0.2) is 14.2 Å². The minimum Gasteiger partial charge on any atom is -0.478 e. The Labute approximate surface area is 248 Å². The number of fused-ring (bicyclic) bond motifs is 3. The van der Waals surface area contributed by atoms with Gasteiger partial charge in [-0.1, -0.05) is 34.4 Å². The largest absolute Gasteiger partial charge is 0.478 e. The Kier molecular flexibility index (Phi) is 7.16. The van der Waals surface area contributed by atoms with Gasteiger partial charge < -0.3 is 24.6 Å². The number of rotatable bonds is 7. The molecule has 0 radical (unpaired) electrons. The van der Waals surface area contributed by atoms with Crippen LogP contribution in [0.1, 0.15) is 66.2 Å². The van der Waals surface area contributed by atoms with E-state index in [1.165, 1.54) is 6.07 Å². The highest BCUT2D eigenvalue weighted by molar-refractivity contribution is 7.18. The van der Waals surface area contributed by atoms with Gasteiger partial charge in [0, 0.05) is 5.56 Å². The van der Waals surface area contributed by atoms with Gasteiger partial charge in [-0.2, -0.15) is 0 Å². The Morgan fingerprint density at radius 1 is 1.22 bits per heavy atom. The summed E-state index contributed by atoms with van der Waals surface area (Å²) in [5, 5.41) is 37.4. The maximum absolute atomic E-state index is 14.7. The van der Waals surface area contributed by atoms with Crippen LogP contribution in [0.25, 0.3) is 21.5 Å². The first-order valence-corrected chi connectivity index (χ1v) is 14.8. The van der Waals surface area contributed by atoms with Crippen LogP contribution >= 0.6 is 34.5 Å². The summed E-state index contributed by atoms with van der Waals surface area (Å²) in [4.78, 5) is 15.8. The number of aromatic carboxylic acids is 1. The topological polar surface area (TPSA) is 126 Å². The smallest absolute Gasteiger partial charge is 0.335 e. The first-order chi connectivity index (χ1) is 19.4. The van der Waals surface area contributed by atoms with Crippen molar-refractivity contribution in [2.45, 2.75) is 63.4 Å². The molecule has 2 unspecified atom stereocenters. The number of carboxylic acid groups (broad SMARTS) is 1. The maximum atomic E-state index is 14.7. The van der Waals surface area contributed by atoms with Crippen LogP contribution in [0.15, 0.2) is 34.9 Å². The summed E-state index contributed by atoms with van der Waals surface area (Å²) < 4.78 is 27.0. The third-order valence-corrected chi connectivity index (χ3v) is 10.0.